The van der Waals surface area contributed by atoms with Gasteiger partial charge in [-0.3, -0.25) is 4.79 Å². The summed E-state index contributed by atoms with van der Waals surface area (Å²) in [6, 6.07) is 0.595. The highest BCUT2D eigenvalue weighted by atomic mass is 16.1. The van der Waals surface area contributed by atoms with E-state index in [2.05, 4.69) is 24.1 Å². The van der Waals surface area contributed by atoms with Gasteiger partial charge in [-0.1, -0.05) is 0 Å². The average Bonchev–Trinajstić information content (AvgIpc) is 2.26. The van der Waals surface area contributed by atoms with E-state index in [0.717, 1.165) is 25.9 Å². The molecule has 0 atom stereocenters. The number of nitrogens with two attached hydrogens (primary N) is 1. The van der Waals surface area contributed by atoms with Crippen LogP contribution in [0.3, 0.4) is 0 Å². The topological polar surface area (TPSA) is 58.4 Å². The molecule has 1 rings (SSSR count). The van der Waals surface area contributed by atoms with Crippen LogP contribution in [0.2, 0.25) is 0 Å². The van der Waals surface area contributed by atoms with E-state index < -0.39 is 0 Å². The van der Waals surface area contributed by atoms with Crippen LogP contribution in [0, 0.1) is 5.92 Å². The highest BCUT2D eigenvalue weighted by molar-refractivity contribution is 5.78. The maximum absolute atomic E-state index is 11.6. The van der Waals surface area contributed by atoms with Crippen LogP contribution in [0.4, 0.5) is 0 Å². The van der Waals surface area contributed by atoms with Gasteiger partial charge in [-0.25, -0.2) is 0 Å². The average molecular weight is 213 g/mol. The van der Waals surface area contributed by atoms with Gasteiger partial charge in [0.2, 0.25) is 5.91 Å². The van der Waals surface area contributed by atoms with Gasteiger partial charge in [0.25, 0.3) is 0 Å². The first kappa shape index (κ1) is 12.5. The van der Waals surface area contributed by atoms with Gasteiger partial charge in [-0.2, -0.15) is 0 Å². The summed E-state index contributed by atoms with van der Waals surface area (Å²) in [5, 5.41) is 2.86. The molecule has 0 aliphatic carbocycles. The first-order valence-corrected chi connectivity index (χ1v) is 5.87. The van der Waals surface area contributed by atoms with Gasteiger partial charge in [-0.05, 0) is 39.8 Å². The number of carbonyl (C=O) groups excluding carboxylic acids is 1. The number of likely N-dealkylation sites (tertiary alicyclic amines) is 1. The summed E-state index contributed by atoms with van der Waals surface area (Å²) < 4.78 is 0. The lowest BCUT2D eigenvalue weighted by atomic mass is 9.95. The normalized spacial score (nSPS) is 19.5. The van der Waals surface area contributed by atoms with Crippen LogP contribution in [0.25, 0.3) is 0 Å². The number of nitrogens with zero attached hydrogens (tertiary/aromatic N) is 1. The van der Waals surface area contributed by atoms with E-state index >= 15 is 0 Å². The molecule has 4 heteroatoms. The number of piperidine rings is 1. The maximum atomic E-state index is 11.6. The SMILES string of the molecule is CC(C)N1CCC(C(=O)NCCN)CC1. The van der Waals surface area contributed by atoms with Crippen LogP contribution in [0.5, 0.6) is 0 Å². The fourth-order valence-corrected chi connectivity index (χ4v) is 2.02. The molecule has 1 saturated heterocycles. The van der Waals surface area contributed by atoms with Crippen molar-refractivity contribution in [3.05, 3.63) is 0 Å². The third-order valence-electron chi connectivity index (χ3n) is 3.07. The molecule has 1 fully saturated rings. The van der Waals surface area contributed by atoms with Crippen molar-refractivity contribution in [1.29, 1.82) is 0 Å². The van der Waals surface area contributed by atoms with Crippen molar-refractivity contribution in [1.82, 2.24) is 10.2 Å². The third-order valence-corrected chi connectivity index (χ3v) is 3.07. The molecule has 1 aliphatic rings. The van der Waals surface area contributed by atoms with E-state index in [-0.39, 0.29) is 11.8 Å². The summed E-state index contributed by atoms with van der Waals surface area (Å²) in [5.41, 5.74) is 5.35. The van der Waals surface area contributed by atoms with Crippen molar-refractivity contribution >= 4 is 5.91 Å². The van der Waals surface area contributed by atoms with Crippen LogP contribution >= 0.6 is 0 Å². The van der Waals surface area contributed by atoms with Crippen LogP contribution < -0.4 is 11.1 Å². The summed E-state index contributed by atoms with van der Waals surface area (Å²) in [4.78, 5) is 14.1. The lowest BCUT2D eigenvalue weighted by Gasteiger charge is -2.33. The Hall–Kier alpha value is -0.610. The fraction of sp³-hybridized carbons (Fsp3) is 0.909. The summed E-state index contributed by atoms with van der Waals surface area (Å²) in [6.45, 7) is 7.61. The smallest absolute Gasteiger partial charge is 0.223 e. The van der Waals surface area contributed by atoms with Gasteiger partial charge in [0, 0.05) is 25.0 Å². The Balaban J connectivity index is 2.27. The first-order valence-electron chi connectivity index (χ1n) is 5.87. The second kappa shape index (κ2) is 6.08. The Morgan fingerprint density at radius 3 is 2.53 bits per heavy atom. The second-order valence-corrected chi connectivity index (χ2v) is 4.48. The summed E-state index contributed by atoms with van der Waals surface area (Å²) in [5.74, 6) is 0.385. The van der Waals surface area contributed by atoms with Crippen LogP contribution in [0.15, 0.2) is 0 Å². The Morgan fingerprint density at radius 1 is 1.47 bits per heavy atom. The van der Waals surface area contributed by atoms with Gasteiger partial charge >= 0.3 is 0 Å². The predicted molar refractivity (Wildman–Crippen MR) is 61.5 cm³/mol. The lowest BCUT2D eigenvalue weighted by Crippen LogP contribution is -2.43. The standard InChI is InChI=1S/C11H23N3O/c1-9(2)14-7-3-10(4-8-14)11(15)13-6-5-12/h9-10H,3-8,12H2,1-2H3,(H,13,15). The molecule has 15 heavy (non-hydrogen) atoms. The summed E-state index contributed by atoms with van der Waals surface area (Å²) in [6.07, 6.45) is 1.96. The molecule has 0 saturated carbocycles. The number of hydrogen-bond acceptors (Lipinski definition) is 3. The maximum Gasteiger partial charge on any atom is 0.223 e. The van der Waals surface area contributed by atoms with E-state index in [1.165, 1.54) is 0 Å². The van der Waals surface area contributed by atoms with Crippen molar-refractivity contribution in [2.45, 2.75) is 32.7 Å². The van der Waals surface area contributed by atoms with Crippen LogP contribution in [-0.2, 0) is 4.79 Å². The van der Waals surface area contributed by atoms with Crippen molar-refractivity contribution < 1.29 is 4.79 Å². The van der Waals surface area contributed by atoms with Crippen LogP contribution in [-0.4, -0.2) is 43.0 Å². The molecule has 1 aliphatic heterocycles. The number of rotatable bonds is 4. The summed E-state index contributed by atoms with van der Waals surface area (Å²) in [7, 11) is 0. The Kier molecular flexibility index (Phi) is 5.05. The molecule has 0 bridgehead atoms. The highest BCUT2D eigenvalue weighted by Gasteiger charge is 2.25. The minimum atomic E-state index is 0.184. The van der Waals surface area contributed by atoms with Gasteiger partial charge in [0.15, 0.2) is 0 Å². The molecule has 0 spiro atoms. The number of nitrogens with one attached hydrogen (secondary N) is 1. The molecule has 0 aromatic rings. The third kappa shape index (κ3) is 3.80. The Labute approximate surface area is 92.2 Å². The van der Waals surface area contributed by atoms with Gasteiger partial charge in [-0.15, -0.1) is 0 Å². The predicted octanol–water partition coefficient (Wildman–Crippen LogP) is 0.182. The molecule has 1 heterocycles. The highest BCUT2D eigenvalue weighted by Crippen LogP contribution is 2.18. The van der Waals surface area contributed by atoms with E-state index in [1.54, 1.807) is 0 Å². The van der Waals surface area contributed by atoms with Crippen LogP contribution in [0.1, 0.15) is 26.7 Å². The van der Waals surface area contributed by atoms with E-state index in [1.807, 2.05) is 0 Å². The lowest BCUT2D eigenvalue weighted by molar-refractivity contribution is -0.126. The van der Waals surface area contributed by atoms with Crippen molar-refractivity contribution in [3.8, 4) is 0 Å². The van der Waals surface area contributed by atoms with E-state index in [0.29, 0.717) is 19.1 Å². The molecular formula is C11H23N3O. The van der Waals surface area contributed by atoms with E-state index in [9.17, 15) is 4.79 Å². The largest absolute Gasteiger partial charge is 0.355 e. The molecule has 3 N–H and O–H groups in total. The van der Waals surface area contributed by atoms with Gasteiger partial charge in [0.05, 0.1) is 0 Å². The number of carbonyl (C=O) groups is 1. The zero-order valence-electron chi connectivity index (χ0n) is 9.83. The zero-order valence-corrected chi connectivity index (χ0v) is 9.83. The molecule has 0 aromatic heterocycles. The minimum absolute atomic E-state index is 0.184. The molecule has 0 unspecified atom stereocenters. The first-order chi connectivity index (χ1) is 7.15. The molecule has 4 nitrogen and oxygen atoms in total. The van der Waals surface area contributed by atoms with Crippen molar-refractivity contribution in [3.63, 3.8) is 0 Å². The second-order valence-electron chi connectivity index (χ2n) is 4.48. The molecule has 0 radical (unpaired) electrons. The Bertz CT molecular complexity index is 198. The van der Waals surface area contributed by atoms with Gasteiger partial charge < -0.3 is 16.0 Å². The molecule has 88 valence electrons. The monoisotopic (exact) mass is 213 g/mol. The van der Waals surface area contributed by atoms with Crippen molar-refractivity contribution in [2.24, 2.45) is 11.7 Å². The zero-order chi connectivity index (χ0) is 11.3. The fourth-order valence-electron chi connectivity index (χ4n) is 2.02. The molecule has 1 amide bonds. The van der Waals surface area contributed by atoms with E-state index in [4.69, 9.17) is 5.73 Å². The molecular weight excluding hydrogens is 190 g/mol. The quantitative estimate of drug-likeness (QED) is 0.700. The number of amides is 1. The summed E-state index contributed by atoms with van der Waals surface area (Å²) >= 11 is 0. The minimum Gasteiger partial charge on any atom is -0.355 e. The Morgan fingerprint density at radius 2 is 2.07 bits per heavy atom. The van der Waals surface area contributed by atoms with Crippen molar-refractivity contribution in [2.75, 3.05) is 26.2 Å². The van der Waals surface area contributed by atoms with Gasteiger partial charge in [0.1, 0.15) is 0 Å². The molecule has 0 aromatic carbocycles. The number of hydrogen-bond donors (Lipinski definition) is 2.